The molecule has 1 atom stereocenters. The number of likely N-dealkylation sites (tertiary alicyclic amines) is 1. The van der Waals surface area contributed by atoms with Gasteiger partial charge in [0.25, 0.3) is 5.69 Å². The monoisotopic (exact) mass is 316 g/mol. The van der Waals surface area contributed by atoms with E-state index in [-0.39, 0.29) is 5.69 Å². The van der Waals surface area contributed by atoms with Crippen molar-refractivity contribution >= 4 is 5.69 Å². The lowest BCUT2D eigenvalue weighted by atomic mass is 10.0. The highest BCUT2D eigenvalue weighted by Gasteiger charge is 2.22. The van der Waals surface area contributed by atoms with E-state index >= 15 is 0 Å². The summed E-state index contributed by atoms with van der Waals surface area (Å²) in [6.45, 7) is 2.29. The van der Waals surface area contributed by atoms with E-state index in [9.17, 15) is 15.2 Å². The minimum atomic E-state index is -0.709. The van der Waals surface area contributed by atoms with Crippen molar-refractivity contribution in [3.8, 4) is 0 Å². The maximum absolute atomic E-state index is 10.8. The Hall–Kier alpha value is -2.25. The Kier molecular flexibility index (Phi) is 4.68. The summed E-state index contributed by atoms with van der Waals surface area (Å²) < 4.78 is 2.13. The average Bonchev–Trinajstić information content (AvgIpc) is 3.10. The Morgan fingerprint density at radius 2 is 2.17 bits per heavy atom. The molecule has 7 nitrogen and oxygen atoms in total. The van der Waals surface area contributed by atoms with Crippen LogP contribution >= 0.6 is 0 Å². The number of aliphatic hydroxyl groups is 1. The Bertz CT molecular complexity index is 651. The summed E-state index contributed by atoms with van der Waals surface area (Å²) in [5.41, 5.74) is 0.608. The molecule has 1 aromatic carbocycles. The van der Waals surface area contributed by atoms with E-state index in [1.165, 1.54) is 12.1 Å². The van der Waals surface area contributed by atoms with Gasteiger partial charge in [-0.25, -0.2) is 4.98 Å². The number of hydrogen-bond acceptors (Lipinski definition) is 5. The van der Waals surface area contributed by atoms with Crippen molar-refractivity contribution < 1.29 is 10.0 Å². The van der Waals surface area contributed by atoms with Crippen molar-refractivity contribution in [2.45, 2.75) is 25.0 Å². The molecule has 1 saturated heterocycles. The van der Waals surface area contributed by atoms with Gasteiger partial charge >= 0.3 is 0 Å². The molecule has 3 rings (SSSR count). The minimum Gasteiger partial charge on any atom is -0.387 e. The smallest absolute Gasteiger partial charge is 0.269 e. The number of benzene rings is 1. The largest absolute Gasteiger partial charge is 0.387 e. The fraction of sp³-hybridized carbons (Fsp3) is 0.438. The van der Waals surface area contributed by atoms with Crippen LogP contribution in [0.3, 0.4) is 0 Å². The van der Waals surface area contributed by atoms with E-state index in [4.69, 9.17) is 0 Å². The zero-order chi connectivity index (χ0) is 16.2. The first-order valence-corrected chi connectivity index (χ1v) is 7.75. The van der Waals surface area contributed by atoms with Crippen LogP contribution in [0.2, 0.25) is 0 Å². The zero-order valence-corrected chi connectivity index (χ0v) is 12.8. The van der Waals surface area contributed by atoms with Crippen LogP contribution in [0.1, 0.15) is 30.6 Å². The number of nitro groups is 1. The van der Waals surface area contributed by atoms with Crippen LogP contribution in [0, 0.1) is 10.1 Å². The van der Waals surface area contributed by atoms with Gasteiger partial charge in [-0.2, -0.15) is 0 Å². The maximum Gasteiger partial charge on any atom is 0.269 e. The van der Waals surface area contributed by atoms with E-state index in [2.05, 4.69) is 14.5 Å². The summed E-state index contributed by atoms with van der Waals surface area (Å²) >= 11 is 0. The maximum atomic E-state index is 10.8. The number of imidazole rings is 1. The molecule has 0 spiro atoms. The summed E-state index contributed by atoms with van der Waals surface area (Å²) in [7, 11) is 0. The van der Waals surface area contributed by atoms with Crippen molar-refractivity contribution in [2.24, 2.45) is 0 Å². The van der Waals surface area contributed by atoms with Crippen LogP contribution in [0.15, 0.2) is 43.0 Å². The molecule has 2 heterocycles. The van der Waals surface area contributed by atoms with Crippen LogP contribution in [0.4, 0.5) is 5.69 Å². The van der Waals surface area contributed by atoms with Crippen LogP contribution in [0.5, 0.6) is 0 Å². The number of hydrogen-bond donors (Lipinski definition) is 1. The van der Waals surface area contributed by atoms with Crippen LogP contribution in [0.25, 0.3) is 0 Å². The molecule has 23 heavy (non-hydrogen) atoms. The number of nitro benzene ring substituents is 1. The number of rotatable bonds is 5. The summed E-state index contributed by atoms with van der Waals surface area (Å²) in [5, 5.41) is 21.2. The quantitative estimate of drug-likeness (QED) is 0.675. The minimum absolute atomic E-state index is 0.0142. The van der Waals surface area contributed by atoms with Crippen molar-refractivity contribution in [3.63, 3.8) is 0 Å². The molecule has 0 bridgehead atoms. The molecular formula is C16H20N4O3. The van der Waals surface area contributed by atoms with Gasteiger partial charge in [-0.3, -0.25) is 10.1 Å². The van der Waals surface area contributed by atoms with Gasteiger partial charge in [0.15, 0.2) is 0 Å². The predicted molar refractivity (Wildman–Crippen MR) is 85.0 cm³/mol. The molecular weight excluding hydrogens is 296 g/mol. The van der Waals surface area contributed by atoms with Crippen LogP contribution in [-0.4, -0.2) is 44.1 Å². The Morgan fingerprint density at radius 3 is 2.83 bits per heavy atom. The Labute approximate surface area is 134 Å². The summed E-state index contributed by atoms with van der Waals surface area (Å²) in [4.78, 5) is 16.7. The highest BCUT2D eigenvalue weighted by Crippen LogP contribution is 2.25. The van der Waals surface area contributed by atoms with Gasteiger partial charge in [-0.05, 0) is 18.4 Å². The second-order valence-electron chi connectivity index (χ2n) is 5.91. The normalized spacial score (nSPS) is 18.0. The molecule has 0 saturated carbocycles. The number of piperidine rings is 1. The lowest BCUT2D eigenvalue weighted by molar-refractivity contribution is -0.385. The highest BCUT2D eigenvalue weighted by atomic mass is 16.6. The molecule has 1 N–H and O–H groups in total. The fourth-order valence-electron chi connectivity index (χ4n) is 3.08. The molecule has 1 aliphatic rings. The van der Waals surface area contributed by atoms with E-state index in [0.717, 1.165) is 25.9 Å². The number of aromatic nitrogens is 2. The van der Waals surface area contributed by atoms with Gasteiger partial charge in [0.2, 0.25) is 0 Å². The van der Waals surface area contributed by atoms with E-state index in [1.807, 2.05) is 12.5 Å². The third-order valence-electron chi connectivity index (χ3n) is 4.40. The lowest BCUT2D eigenvalue weighted by Gasteiger charge is -2.33. The molecule has 0 radical (unpaired) electrons. The molecule has 0 amide bonds. The molecule has 122 valence electrons. The molecule has 7 heteroatoms. The number of nitrogens with zero attached hydrogens (tertiary/aromatic N) is 4. The Morgan fingerprint density at radius 1 is 1.39 bits per heavy atom. The van der Waals surface area contributed by atoms with Crippen LogP contribution in [-0.2, 0) is 0 Å². The van der Waals surface area contributed by atoms with E-state index in [1.54, 1.807) is 18.3 Å². The highest BCUT2D eigenvalue weighted by molar-refractivity contribution is 5.35. The fourth-order valence-corrected chi connectivity index (χ4v) is 3.08. The molecule has 1 fully saturated rings. The topological polar surface area (TPSA) is 84.4 Å². The second-order valence-corrected chi connectivity index (χ2v) is 5.91. The first-order valence-electron chi connectivity index (χ1n) is 7.75. The zero-order valence-electron chi connectivity index (χ0n) is 12.8. The summed E-state index contributed by atoms with van der Waals surface area (Å²) in [6, 6.07) is 6.69. The molecule has 1 aromatic heterocycles. The van der Waals surface area contributed by atoms with Crippen molar-refractivity contribution in [3.05, 3.63) is 58.7 Å². The third kappa shape index (κ3) is 3.75. The molecule has 2 aromatic rings. The van der Waals surface area contributed by atoms with Crippen molar-refractivity contribution in [1.29, 1.82) is 0 Å². The first-order chi connectivity index (χ1) is 11.1. The number of β-amino-alcohol motifs (C(OH)–C–C–N with tert-alkyl or cyclic N) is 1. The average molecular weight is 316 g/mol. The second kappa shape index (κ2) is 6.89. The summed E-state index contributed by atoms with van der Waals surface area (Å²) in [5.74, 6) is 0. The standard InChI is InChI=1S/C16H20N4O3/c21-16(13-2-1-3-15(10-13)20(22)23)11-18-7-4-14(5-8-18)19-9-6-17-12-19/h1-3,6,9-10,12,14,16,21H,4-5,7-8,11H2. The number of non-ortho nitro benzene ring substituents is 1. The van der Waals surface area contributed by atoms with Crippen molar-refractivity contribution in [1.82, 2.24) is 14.5 Å². The van der Waals surface area contributed by atoms with Gasteiger partial charge in [-0.1, -0.05) is 12.1 Å². The van der Waals surface area contributed by atoms with Gasteiger partial charge in [-0.15, -0.1) is 0 Å². The Balaban J connectivity index is 1.56. The predicted octanol–water partition coefficient (Wildman–Crippen LogP) is 2.16. The van der Waals surface area contributed by atoms with Crippen molar-refractivity contribution in [2.75, 3.05) is 19.6 Å². The van der Waals surface area contributed by atoms with Gasteiger partial charge in [0, 0.05) is 50.2 Å². The first kappa shape index (κ1) is 15.6. The van der Waals surface area contributed by atoms with Crippen LogP contribution < -0.4 is 0 Å². The van der Waals surface area contributed by atoms with E-state index < -0.39 is 11.0 Å². The third-order valence-corrected chi connectivity index (χ3v) is 4.40. The SMILES string of the molecule is O=[N+]([O-])c1cccc(C(O)CN2CCC(n3ccnc3)CC2)c1. The number of aliphatic hydroxyl groups excluding tert-OH is 1. The molecule has 1 aliphatic heterocycles. The summed E-state index contributed by atoms with van der Waals surface area (Å²) in [6.07, 6.45) is 6.94. The molecule has 1 unspecified atom stereocenters. The van der Waals surface area contributed by atoms with Gasteiger partial charge in [0.05, 0.1) is 17.4 Å². The van der Waals surface area contributed by atoms with Gasteiger partial charge in [0.1, 0.15) is 0 Å². The molecule has 0 aliphatic carbocycles. The van der Waals surface area contributed by atoms with E-state index in [0.29, 0.717) is 18.2 Å². The van der Waals surface area contributed by atoms with Gasteiger partial charge < -0.3 is 14.6 Å². The lowest BCUT2D eigenvalue weighted by Crippen LogP contribution is -2.37.